The maximum absolute atomic E-state index is 14.1. The molecule has 4 nitrogen and oxygen atoms in total. The summed E-state index contributed by atoms with van der Waals surface area (Å²) in [5.41, 5.74) is 7.13. The third kappa shape index (κ3) is 4.78. The van der Waals surface area contributed by atoms with Gasteiger partial charge in [0.25, 0.3) is 0 Å². The average molecular weight is 270 g/mol. The first kappa shape index (κ1) is 15.9. The summed E-state index contributed by atoms with van der Waals surface area (Å²) in [6, 6.07) is 5.11. The Bertz CT molecular complexity index is 366. The van der Waals surface area contributed by atoms with E-state index in [1.165, 1.54) is 6.07 Å². The van der Waals surface area contributed by atoms with Gasteiger partial charge in [0.1, 0.15) is 5.82 Å². The van der Waals surface area contributed by atoms with E-state index >= 15 is 0 Å². The molecule has 1 rings (SSSR count). The van der Waals surface area contributed by atoms with Gasteiger partial charge in [-0.15, -0.1) is 0 Å². The number of benzene rings is 1. The monoisotopic (exact) mass is 270 g/mol. The number of rotatable bonds is 9. The summed E-state index contributed by atoms with van der Waals surface area (Å²) in [4.78, 5) is 1.95. The highest BCUT2D eigenvalue weighted by atomic mass is 19.1. The standard InChI is InChI=1S/C14H23FN2O2/c1-18-10-8-17(9-11-19-2)14-12(6-7-16)4-3-5-13(14)15/h3-5H,6-11,16H2,1-2H3. The average Bonchev–Trinajstić information content (AvgIpc) is 2.41. The molecule has 0 bridgehead atoms. The Morgan fingerprint density at radius 3 is 2.32 bits per heavy atom. The summed E-state index contributed by atoms with van der Waals surface area (Å²) in [6.45, 7) is 2.83. The Balaban J connectivity index is 2.97. The fraction of sp³-hybridized carbons (Fsp3) is 0.571. The molecular formula is C14H23FN2O2. The Hall–Kier alpha value is -1.17. The van der Waals surface area contributed by atoms with E-state index in [1.807, 2.05) is 11.0 Å². The van der Waals surface area contributed by atoms with Crippen molar-refractivity contribution in [3.63, 3.8) is 0 Å². The largest absolute Gasteiger partial charge is 0.383 e. The highest BCUT2D eigenvalue weighted by Gasteiger charge is 2.15. The van der Waals surface area contributed by atoms with Gasteiger partial charge in [-0.3, -0.25) is 0 Å². The Kier molecular flexibility index (Phi) is 7.40. The van der Waals surface area contributed by atoms with Crippen molar-refractivity contribution in [3.05, 3.63) is 29.6 Å². The van der Waals surface area contributed by atoms with Gasteiger partial charge in [-0.25, -0.2) is 4.39 Å². The van der Waals surface area contributed by atoms with Crippen molar-refractivity contribution in [3.8, 4) is 0 Å². The molecule has 108 valence electrons. The summed E-state index contributed by atoms with van der Waals surface area (Å²) in [6.07, 6.45) is 0.656. The number of methoxy groups -OCH3 is 2. The van der Waals surface area contributed by atoms with Crippen LogP contribution in [0.5, 0.6) is 0 Å². The van der Waals surface area contributed by atoms with Gasteiger partial charge in [-0.2, -0.15) is 0 Å². The lowest BCUT2D eigenvalue weighted by Crippen LogP contribution is -2.32. The molecule has 0 saturated carbocycles. The number of para-hydroxylation sites is 1. The summed E-state index contributed by atoms with van der Waals surface area (Å²) >= 11 is 0. The zero-order valence-corrected chi connectivity index (χ0v) is 11.7. The minimum absolute atomic E-state index is 0.224. The van der Waals surface area contributed by atoms with Crippen molar-refractivity contribution < 1.29 is 13.9 Å². The smallest absolute Gasteiger partial charge is 0.146 e. The van der Waals surface area contributed by atoms with Gasteiger partial charge in [-0.1, -0.05) is 12.1 Å². The molecule has 0 radical (unpaired) electrons. The molecule has 0 atom stereocenters. The van der Waals surface area contributed by atoms with E-state index in [-0.39, 0.29) is 5.82 Å². The maximum atomic E-state index is 14.1. The minimum atomic E-state index is -0.224. The lowest BCUT2D eigenvalue weighted by molar-refractivity contribution is 0.190. The SMILES string of the molecule is COCCN(CCOC)c1c(F)cccc1CCN. The third-order valence-electron chi connectivity index (χ3n) is 2.93. The molecule has 0 spiro atoms. The number of anilines is 1. The molecule has 0 heterocycles. The number of hydrogen-bond acceptors (Lipinski definition) is 4. The van der Waals surface area contributed by atoms with E-state index in [2.05, 4.69) is 0 Å². The van der Waals surface area contributed by atoms with Crippen LogP contribution in [0, 0.1) is 5.82 Å². The van der Waals surface area contributed by atoms with Crippen LogP contribution in [-0.2, 0) is 15.9 Å². The van der Waals surface area contributed by atoms with E-state index in [0.717, 1.165) is 5.56 Å². The molecule has 0 aliphatic carbocycles. The van der Waals surface area contributed by atoms with Gasteiger partial charge >= 0.3 is 0 Å². The fourth-order valence-corrected chi connectivity index (χ4v) is 2.01. The predicted octanol–water partition coefficient (Wildman–Crippen LogP) is 1.43. The molecule has 0 unspecified atom stereocenters. The van der Waals surface area contributed by atoms with E-state index in [1.54, 1.807) is 20.3 Å². The van der Waals surface area contributed by atoms with Gasteiger partial charge in [0.05, 0.1) is 18.9 Å². The van der Waals surface area contributed by atoms with Crippen molar-refractivity contribution >= 4 is 5.69 Å². The van der Waals surface area contributed by atoms with Crippen LogP contribution in [0.1, 0.15) is 5.56 Å². The first-order chi connectivity index (χ1) is 9.24. The van der Waals surface area contributed by atoms with Gasteiger partial charge in [-0.05, 0) is 24.6 Å². The zero-order chi connectivity index (χ0) is 14.1. The first-order valence-electron chi connectivity index (χ1n) is 6.44. The molecule has 19 heavy (non-hydrogen) atoms. The van der Waals surface area contributed by atoms with Crippen molar-refractivity contribution in [2.45, 2.75) is 6.42 Å². The number of halogens is 1. The summed E-state index contributed by atoms with van der Waals surface area (Å²) in [5, 5.41) is 0. The maximum Gasteiger partial charge on any atom is 0.146 e. The summed E-state index contributed by atoms with van der Waals surface area (Å²) < 4.78 is 24.3. The van der Waals surface area contributed by atoms with E-state index in [9.17, 15) is 4.39 Å². The second-order valence-corrected chi connectivity index (χ2v) is 4.26. The number of ether oxygens (including phenoxy) is 2. The fourth-order valence-electron chi connectivity index (χ4n) is 2.01. The molecule has 1 aromatic carbocycles. The molecule has 0 amide bonds. The summed E-state index contributed by atoms with van der Waals surface area (Å²) in [7, 11) is 3.27. The second kappa shape index (κ2) is 8.85. The molecule has 1 aromatic rings. The molecule has 0 aliphatic heterocycles. The molecule has 2 N–H and O–H groups in total. The number of hydrogen-bond donors (Lipinski definition) is 1. The topological polar surface area (TPSA) is 47.7 Å². The van der Waals surface area contributed by atoms with E-state index in [4.69, 9.17) is 15.2 Å². The van der Waals surface area contributed by atoms with Crippen LogP contribution in [0.2, 0.25) is 0 Å². The van der Waals surface area contributed by atoms with Gasteiger partial charge < -0.3 is 20.1 Å². The normalized spacial score (nSPS) is 10.7. The molecule has 0 saturated heterocycles. The van der Waals surface area contributed by atoms with E-state index in [0.29, 0.717) is 45.0 Å². The highest BCUT2D eigenvalue weighted by Crippen LogP contribution is 2.24. The Morgan fingerprint density at radius 1 is 1.16 bits per heavy atom. The molecular weight excluding hydrogens is 247 g/mol. The Morgan fingerprint density at radius 2 is 1.79 bits per heavy atom. The lowest BCUT2D eigenvalue weighted by atomic mass is 10.1. The second-order valence-electron chi connectivity index (χ2n) is 4.26. The molecule has 0 aromatic heterocycles. The van der Waals surface area contributed by atoms with Gasteiger partial charge in [0.2, 0.25) is 0 Å². The van der Waals surface area contributed by atoms with E-state index < -0.39 is 0 Å². The predicted molar refractivity (Wildman–Crippen MR) is 75.1 cm³/mol. The minimum Gasteiger partial charge on any atom is -0.383 e. The van der Waals surface area contributed by atoms with Crippen molar-refractivity contribution in [1.29, 1.82) is 0 Å². The van der Waals surface area contributed by atoms with Crippen LogP contribution in [0.25, 0.3) is 0 Å². The molecule has 0 fully saturated rings. The molecule has 0 aliphatic rings. The van der Waals surface area contributed by atoms with Crippen LogP contribution in [0.4, 0.5) is 10.1 Å². The van der Waals surface area contributed by atoms with Crippen LogP contribution >= 0.6 is 0 Å². The first-order valence-corrected chi connectivity index (χ1v) is 6.44. The lowest BCUT2D eigenvalue weighted by Gasteiger charge is -2.27. The van der Waals surface area contributed by atoms with Crippen molar-refractivity contribution in [1.82, 2.24) is 0 Å². The van der Waals surface area contributed by atoms with Gasteiger partial charge in [0, 0.05) is 27.3 Å². The quantitative estimate of drug-likeness (QED) is 0.737. The van der Waals surface area contributed by atoms with Crippen LogP contribution in [-0.4, -0.2) is 47.1 Å². The van der Waals surface area contributed by atoms with Gasteiger partial charge in [0.15, 0.2) is 0 Å². The van der Waals surface area contributed by atoms with Crippen LogP contribution < -0.4 is 10.6 Å². The van der Waals surface area contributed by atoms with Crippen LogP contribution in [0.15, 0.2) is 18.2 Å². The summed E-state index contributed by atoms with van der Waals surface area (Å²) in [5.74, 6) is -0.224. The number of nitrogens with two attached hydrogens (primary N) is 1. The highest BCUT2D eigenvalue weighted by molar-refractivity contribution is 5.55. The molecule has 5 heteroatoms. The van der Waals surface area contributed by atoms with Crippen LogP contribution in [0.3, 0.4) is 0 Å². The Labute approximate surface area is 114 Å². The third-order valence-corrected chi connectivity index (χ3v) is 2.93. The van der Waals surface area contributed by atoms with Crippen molar-refractivity contribution in [2.75, 3.05) is 52.0 Å². The zero-order valence-electron chi connectivity index (χ0n) is 11.7. The van der Waals surface area contributed by atoms with Crippen molar-refractivity contribution in [2.24, 2.45) is 5.73 Å². The number of nitrogens with zero attached hydrogens (tertiary/aromatic N) is 1.